The van der Waals surface area contributed by atoms with Crippen LogP contribution < -0.4 is 5.32 Å². The lowest BCUT2D eigenvalue weighted by molar-refractivity contribution is 0.629. The first-order valence-electron chi connectivity index (χ1n) is 5.48. The van der Waals surface area contributed by atoms with Crippen molar-refractivity contribution in [2.45, 2.75) is 12.8 Å². The highest BCUT2D eigenvalue weighted by molar-refractivity contribution is 5.75. The van der Waals surface area contributed by atoms with Gasteiger partial charge in [0.2, 0.25) is 0 Å². The summed E-state index contributed by atoms with van der Waals surface area (Å²) in [6, 6.07) is 4.73. The molecule has 0 unspecified atom stereocenters. The molecule has 2 aromatic rings. The normalized spacial score (nSPS) is 11.2. The van der Waals surface area contributed by atoms with E-state index in [1.54, 1.807) is 6.07 Å². The Morgan fingerprint density at radius 2 is 2.25 bits per heavy atom. The third-order valence-corrected chi connectivity index (χ3v) is 2.76. The zero-order valence-electron chi connectivity index (χ0n) is 9.63. The molecule has 0 spiro atoms. The van der Waals surface area contributed by atoms with E-state index in [9.17, 15) is 4.39 Å². The van der Waals surface area contributed by atoms with Gasteiger partial charge in [-0.25, -0.2) is 9.37 Å². The Balaban J connectivity index is 2.29. The summed E-state index contributed by atoms with van der Waals surface area (Å²) in [5.41, 5.74) is 1.72. The van der Waals surface area contributed by atoms with Gasteiger partial charge in [-0.2, -0.15) is 0 Å². The number of rotatable bonds is 4. The van der Waals surface area contributed by atoms with E-state index in [4.69, 9.17) is 0 Å². The molecule has 86 valence electrons. The number of aromatic nitrogens is 2. The molecule has 3 nitrogen and oxygen atoms in total. The molecule has 0 fully saturated rings. The summed E-state index contributed by atoms with van der Waals surface area (Å²) >= 11 is 0. The lowest BCUT2D eigenvalue weighted by atomic mass is 10.3. The van der Waals surface area contributed by atoms with Crippen molar-refractivity contribution >= 4 is 11.0 Å². The van der Waals surface area contributed by atoms with Crippen LogP contribution in [-0.2, 0) is 13.5 Å². The molecule has 1 heterocycles. The summed E-state index contributed by atoms with van der Waals surface area (Å²) in [5.74, 6) is 0.781. The molecule has 0 saturated carbocycles. The van der Waals surface area contributed by atoms with Gasteiger partial charge in [-0.15, -0.1) is 0 Å². The molecule has 4 heteroatoms. The fourth-order valence-corrected chi connectivity index (χ4v) is 1.87. The molecular weight excluding hydrogens is 205 g/mol. The van der Waals surface area contributed by atoms with Crippen molar-refractivity contribution in [1.82, 2.24) is 14.9 Å². The summed E-state index contributed by atoms with van der Waals surface area (Å²) in [4.78, 5) is 4.44. The van der Waals surface area contributed by atoms with Crippen LogP contribution in [0.25, 0.3) is 11.0 Å². The molecule has 1 aromatic carbocycles. The summed E-state index contributed by atoms with van der Waals surface area (Å²) in [5, 5.41) is 3.10. The van der Waals surface area contributed by atoms with Crippen LogP contribution in [0, 0.1) is 5.82 Å². The van der Waals surface area contributed by atoms with Gasteiger partial charge in [-0.05, 0) is 32.1 Å². The molecule has 0 radical (unpaired) electrons. The summed E-state index contributed by atoms with van der Waals surface area (Å²) < 4.78 is 15.1. The predicted molar refractivity (Wildman–Crippen MR) is 62.9 cm³/mol. The van der Waals surface area contributed by atoms with Gasteiger partial charge < -0.3 is 9.88 Å². The van der Waals surface area contributed by atoms with Crippen molar-refractivity contribution in [3.63, 3.8) is 0 Å². The van der Waals surface area contributed by atoms with Gasteiger partial charge in [0.25, 0.3) is 0 Å². The van der Waals surface area contributed by atoms with Crippen molar-refractivity contribution in [1.29, 1.82) is 0 Å². The van der Waals surface area contributed by atoms with Crippen LogP contribution in [-0.4, -0.2) is 23.1 Å². The van der Waals surface area contributed by atoms with Crippen molar-refractivity contribution in [2.24, 2.45) is 7.05 Å². The van der Waals surface area contributed by atoms with Gasteiger partial charge in [0.1, 0.15) is 11.6 Å². The first-order valence-corrected chi connectivity index (χ1v) is 5.48. The monoisotopic (exact) mass is 221 g/mol. The van der Waals surface area contributed by atoms with E-state index < -0.39 is 0 Å². The molecule has 0 amide bonds. The molecule has 1 N–H and O–H groups in total. The number of halogens is 1. The fraction of sp³-hybridized carbons (Fsp3) is 0.417. The van der Waals surface area contributed by atoms with Crippen LogP contribution >= 0.6 is 0 Å². The van der Waals surface area contributed by atoms with Crippen LogP contribution in [0.5, 0.6) is 0 Å². The zero-order chi connectivity index (χ0) is 11.5. The first-order chi connectivity index (χ1) is 7.72. The minimum atomic E-state index is -0.229. The number of fused-ring (bicyclic) bond motifs is 1. The molecule has 0 aliphatic heterocycles. The van der Waals surface area contributed by atoms with E-state index in [2.05, 4.69) is 10.3 Å². The number of aryl methyl sites for hydroxylation is 2. The third kappa shape index (κ3) is 2.07. The summed E-state index contributed by atoms with van der Waals surface area (Å²) in [7, 11) is 3.91. The Kier molecular flexibility index (Phi) is 3.19. The van der Waals surface area contributed by atoms with Gasteiger partial charge in [0.05, 0.1) is 11.0 Å². The fourth-order valence-electron chi connectivity index (χ4n) is 1.87. The number of imidazole rings is 1. The molecule has 0 aliphatic rings. The van der Waals surface area contributed by atoms with Crippen molar-refractivity contribution in [3.8, 4) is 0 Å². The molecule has 0 aliphatic carbocycles. The van der Waals surface area contributed by atoms with Crippen molar-refractivity contribution in [3.05, 3.63) is 29.8 Å². The molecule has 16 heavy (non-hydrogen) atoms. The molecule has 2 rings (SSSR count). The lowest BCUT2D eigenvalue weighted by Crippen LogP contribution is -2.09. The number of nitrogens with one attached hydrogen (secondary N) is 1. The first kappa shape index (κ1) is 11.1. The van der Waals surface area contributed by atoms with E-state index in [0.717, 1.165) is 36.2 Å². The van der Waals surface area contributed by atoms with Crippen molar-refractivity contribution < 1.29 is 4.39 Å². The minimum absolute atomic E-state index is 0.229. The highest BCUT2D eigenvalue weighted by atomic mass is 19.1. The second-order valence-corrected chi connectivity index (χ2v) is 3.93. The number of nitrogens with zero attached hydrogens (tertiary/aromatic N) is 2. The SMILES string of the molecule is CNCCCc1nc2cc(F)ccc2n1C. The quantitative estimate of drug-likeness (QED) is 0.799. The number of hydrogen-bond donors (Lipinski definition) is 1. The maximum absolute atomic E-state index is 13.0. The average Bonchev–Trinajstić information content (AvgIpc) is 2.56. The van der Waals surface area contributed by atoms with E-state index in [1.165, 1.54) is 12.1 Å². The second kappa shape index (κ2) is 4.61. The molecular formula is C12H16FN3. The standard InChI is InChI=1S/C12H16FN3/c1-14-7-3-4-12-15-10-8-9(13)5-6-11(10)16(12)2/h5-6,8,14H,3-4,7H2,1-2H3. The maximum Gasteiger partial charge on any atom is 0.125 e. The van der Waals surface area contributed by atoms with Gasteiger partial charge in [-0.1, -0.05) is 0 Å². The Labute approximate surface area is 94.3 Å². The minimum Gasteiger partial charge on any atom is -0.331 e. The Bertz CT molecular complexity index is 490. The third-order valence-electron chi connectivity index (χ3n) is 2.76. The Morgan fingerprint density at radius 1 is 1.44 bits per heavy atom. The number of hydrogen-bond acceptors (Lipinski definition) is 2. The van der Waals surface area contributed by atoms with Crippen molar-refractivity contribution in [2.75, 3.05) is 13.6 Å². The van der Waals surface area contributed by atoms with Gasteiger partial charge in [0.15, 0.2) is 0 Å². The highest BCUT2D eigenvalue weighted by Gasteiger charge is 2.07. The zero-order valence-corrected chi connectivity index (χ0v) is 9.63. The van der Waals surface area contributed by atoms with E-state index in [-0.39, 0.29) is 5.82 Å². The van der Waals surface area contributed by atoms with E-state index in [0.29, 0.717) is 0 Å². The molecule has 1 aromatic heterocycles. The average molecular weight is 221 g/mol. The van der Waals surface area contributed by atoms with Crippen LogP contribution in [0.3, 0.4) is 0 Å². The molecule has 0 saturated heterocycles. The second-order valence-electron chi connectivity index (χ2n) is 3.93. The summed E-state index contributed by atoms with van der Waals surface area (Å²) in [6.07, 6.45) is 1.95. The van der Waals surface area contributed by atoms with Crippen LogP contribution in [0.2, 0.25) is 0 Å². The van der Waals surface area contributed by atoms with Crippen LogP contribution in [0.4, 0.5) is 4.39 Å². The van der Waals surface area contributed by atoms with E-state index >= 15 is 0 Å². The largest absolute Gasteiger partial charge is 0.331 e. The lowest BCUT2D eigenvalue weighted by Gasteiger charge is -2.01. The van der Waals surface area contributed by atoms with Gasteiger partial charge in [0, 0.05) is 19.5 Å². The van der Waals surface area contributed by atoms with Gasteiger partial charge in [-0.3, -0.25) is 0 Å². The van der Waals surface area contributed by atoms with Crippen LogP contribution in [0.1, 0.15) is 12.2 Å². The van der Waals surface area contributed by atoms with E-state index in [1.807, 2.05) is 18.7 Å². The topological polar surface area (TPSA) is 29.9 Å². The highest BCUT2D eigenvalue weighted by Crippen LogP contribution is 2.16. The Hall–Kier alpha value is -1.42. The van der Waals surface area contributed by atoms with Crippen LogP contribution in [0.15, 0.2) is 18.2 Å². The molecule has 0 atom stereocenters. The smallest absolute Gasteiger partial charge is 0.125 e. The maximum atomic E-state index is 13.0. The predicted octanol–water partition coefficient (Wildman–Crippen LogP) is 1.86. The van der Waals surface area contributed by atoms with Gasteiger partial charge >= 0.3 is 0 Å². The molecule has 0 bridgehead atoms. The Morgan fingerprint density at radius 3 is 3.00 bits per heavy atom. The summed E-state index contributed by atoms with van der Waals surface area (Å²) in [6.45, 7) is 0.970. The number of benzene rings is 1.